The van der Waals surface area contributed by atoms with Crippen LogP contribution >= 0.6 is 0 Å². The van der Waals surface area contributed by atoms with E-state index in [1.54, 1.807) is 12.0 Å². The summed E-state index contributed by atoms with van der Waals surface area (Å²) in [5.74, 6) is -0.261. The third-order valence-corrected chi connectivity index (χ3v) is 6.61. The van der Waals surface area contributed by atoms with Crippen LogP contribution in [0.1, 0.15) is 25.3 Å². The second-order valence-electron chi connectivity index (χ2n) is 8.79. The molecule has 2 saturated heterocycles. The van der Waals surface area contributed by atoms with Crippen LogP contribution in [0.15, 0.2) is 60.7 Å². The number of anilines is 2. The summed E-state index contributed by atoms with van der Waals surface area (Å²) in [4.78, 5) is 28.4. The Kier molecular flexibility index (Phi) is 4.63. The van der Waals surface area contributed by atoms with Crippen molar-refractivity contribution in [2.75, 3.05) is 23.9 Å². The molecule has 3 aliphatic heterocycles. The highest BCUT2D eigenvalue weighted by atomic mass is 16.5. The largest absolute Gasteiger partial charge is 0.497 e. The lowest BCUT2D eigenvalue weighted by Gasteiger charge is -2.23. The molecular formula is C25H26N2O4. The molecule has 5 rings (SSSR count). The molecule has 3 aliphatic rings. The van der Waals surface area contributed by atoms with Gasteiger partial charge in [0.1, 0.15) is 11.4 Å². The van der Waals surface area contributed by atoms with Crippen molar-refractivity contribution in [1.82, 2.24) is 0 Å². The second-order valence-corrected chi connectivity index (χ2v) is 8.79. The topological polar surface area (TPSA) is 67.9 Å². The minimum absolute atomic E-state index is 0.0876. The highest BCUT2D eigenvalue weighted by Crippen LogP contribution is 2.53. The Hall–Kier alpha value is -3.12. The van der Waals surface area contributed by atoms with Crippen molar-refractivity contribution in [3.63, 3.8) is 0 Å². The number of amides is 2. The molecule has 0 unspecified atom stereocenters. The zero-order valence-electron chi connectivity index (χ0n) is 17.9. The fourth-order valence-electron chi connectivity index (χ4n) is 4.97. The average molecular weight is 418 g/mol. The predicted octanol–water partition coefficient (Wildman–Crippen LogP) is 3.74. The van der Waals surface area contributed by atoms with E-state index in [9.17, 15) is 9.59 Å². The number of hydrogen-bond donors (Lipinski definition) is 1. The Labute approximate surface area is 181 Å². The molecule has 31 heavy (non-hydrogen) atoms. The molecule has 0 saturated carbocycles. The summed E-state index contributed by atoms with van der Waals surface area (Å²) in [6.45, 7) is 4.65. The van der Waals surface area contributed by atoms with E-state index in [4.69, 9.17) is 9.47 Å². The summed E-state index contributed by atoms with van der Waals surface area (Å²) in [5.41, 5.74) is 1.93. The fourth-order valence-corrected chi connectivity index (χ4v) is 4.97. The second kappa shape index (κ2) is 7.24. The summed E-state index contributed by atoms with van der Waals surface area (Å²) < 4.78 is 11.5. The summed E-state index contributed by atoms with van der Waals surface area (Å²) in [6.07, 6.45) is 3.50. The molecule has 1 N–H and O–H groups in total. The van der Waals surface area contributed by atoms with E-state index < -0.39 is 17.4 Å². The Morgan fingerprint density at radius 1 is 1.23 bits per heavy atom. The molecular weight excluding hydrogens is 392 g/mol. The summed E-state index contributed by atoms with van der Waals surface area (Å²) in [7, 11) is 1.60. The van der Waals surface area contributed by atoms with Crippen molar-refractivity contribution in [1.29, 1.82) is 0 Å². The SMILES string of the molecule is COc1cccc(N2C[C@@]34C=C[C@H](O3)[C@H](C(=O)Nc3ccc(C(C)C)cc3)[C@@H]4C2=O)c1. The maximum absolute atomic E-state index is 13.4. The van der Waals surface area contributed by atoms with Crippen LogP contribution in [0.3, 0.4) is 0 Å². The Morgan fingerprint density at radius 3 is 2.71 bits per heavy atom. The minimum Gasteiger partial charge on any atom is -0.497 e. The number of carbonyl (C=O) groups excluding carboxylic acids is 2. The number of hydrogen-bond acceptors (Lipinski definition) is 4. The highest BCUT2D eigenvalue weighted by molar-refractivity contribution is 6.05. The van der Waals surface area contributed by atoms with Gasteiger partial charge in [-0.3, -0.25) is 9.59 Å². The lowest BCUT2D eigenvalue weighted by Crippen LogP contribution is -2.41. The van der Waals surface area contributed by atoms with Gasteiger partial charge >= 0.3 is 0 Å². The van der Waals surface area contributed by atoms with Crippen molar-refractivity contribution < 1.29 is 19.1 Å². The number of carbonyl (C=O) groups is 2. The van der Waals surface area contributed by atoms with Crippen LogP contribution < -0.4 is 15.0 Å². The van der Waals surface area contributed by atoms with Gasteiger partial charge in [0, 0.05) is 17.4 Å². The molecule has 6 nitrogen and oxygen atoms in total. The number of rotatable bonds is 5. The molecule has 2 fully saturated rings. The molecule has 2 bridgehead atoms. The van der Waals surface area contributed by atoms with E-state index in [2.05, 4.69) is 19.2 Å². The fraction of sp³-hybridized carbons (Fsp3) is 0.360. The van der Waals surface area contributed by atoms with Gasteiger partial charge in [0.2, 0.25) is 11.8 Å². The van der Waals surface area contributed by atoms with E-state index in [-0.39, 0.29) is 17.9 Å². The zero-order chi connectivity index (χ0) is 21.8. The molecule has 1 spiro atoms. The molecule has 3 heterocycles. The normalized spacial score (nSPS) is 28.3. The third kappa shape index (κ3) is 3.13. The molecule has 2 amide bonds. The molecule has 160 valence electrons. The highest BCUT2D eigenvalue weighted by Gasteiger charge is 2.67. The van der Waals surface area contributed by atoms with Crippen LogP contribution in [0.2, 0.25) is 0 Å². The van der Waals surface area contributed by atoms with Crippen LogP contribution in [0.25, 0.3) is 0 Å². The van der Waals surface area contributed by atoms with Crippen LogP contribution in [0.5, 0.6) is 5.75 Å². The first-order valence-corrected chi connectivity index (χ1v) is 10.7. The zero-order valence-corrected chi connectivity index (χ0v) is 17.9. The van der Waals surface area contributed by atoms with Crippen LogP contribution in [0.4, 0.5) is 11.4 Å². The lowest BCUT2D eigenvalue weighted by atomic mass is 9.76. The van der Waals surface area contributed by atoms with Crippen molar-refractivity contribution in [3.05, 3.63) is 66.2 Å². The Morgan fingerprint density at radius 2 is 2.00 bits per heavy atom. The molecule has 6 heteroatoms. The van der Waals surface area contributed by atoms with Gasteiger partial charge in [-0.05, 0) is 35.7 Å². The van der Waals surface area contributed by atoms with E-state index in [1.165, 1.54) is 5.56 Å². The van der Waals surface area contributed by atoms with Gasteiger partial charge in [-0.15, -0.1) is 0 Å². The van der Waals surface area contributed by atoms with E-state index in [1.807, 2.05) is 60.7 Å². The van der Waals surface area contributed by atoms with Crippen molar-refractivity contribution in [3.8, 4) is 5.75 Å². The van der Waals surface area contributed by atoms with E-state index in [0.717, 1.165) is 11.4 Å². The van der Waals surface area contributed by atoms with Crippen LogP contribution in [0, 0.1) is 11.8 Å². The number of nitrogens with one attached hydrogen (secondary N) is 1. The first kappa shape index (κ1) is 19.8. The standard InChI is InChI=1S/C25H26N2O4/c1-15(2)16-7-9-17(10-8-16)26-23(28)21-20-11-12-25(31-20)14-27(24(29)22(21)25)18-5-4-6-19(13-18)30-3/h4-13,15,20-22H,14H2,1-3H3,(H,26,28)/t20-,21-,22+,25+/m0/s1. The third-order valence-electron chi connectivity index (χ3n) is 6.61. The monoisotopic (exact) mass is 418 g/mol. The van der Waals surface area contributed by atoms with Crippen molar-refractivity contribution in [2.45, 2.75) is 31.5 Å². The maximum atomic E-state index is 13.4. The molecule has 2 aromatic carbocycles. The first-order valence-electron chi connectivity index (χ1n) is 10.7. The number of methoxy groups -OCH3 is 1. The number of benzene rings is 2. The summed E-state index contributed by atoms with van der Waals surface area (Å²) in [5, 5.41) is 2.99. The van der Waals surface area contributed by atoms with Crippen molar-refractivity contribution >= 4 is 23.2 Å². The van der Waals surface area contributed by atoms with Gasteiger partial charge in [-0.25, -0.2) is 0 Å². The number of nitrogens with zero attached hydrogens (tertiary/aromatic N) is 1. The van der Waals surface area contributed by atoms with E-state index in [0.29, 0.717) is 18.2 Å². The molecule has 0 aliphatic carbocycles. The lowest BCUT2D eigenvalue weighted by molar-refractivity contribution is -0.128. The quantitative estimate of drug-likeness (QED) is 0.751. The molecule has 4 atom stereocenters. The summed E-state index contributed by atoms with van der Waals surface area (Å²) >= 11 is 0. The number of fused-ring (bicyclic) bond motifs is 1. The van der Waals surface area contributed by atoms with Crippen molar-refractivity contribution in [2.24, 2.45) is 11.8 Å². The van der Waals surface area contributed by atoms with Crippen LogP contribution in [-0.2, 0) is 14.3 Å². The minimum atomic E-state index is -0.756. The van der Waals surface area contributed by atoms with E-state index >= 15 is 0 Å². The van der Waals surface area contributed by atoms with Gasteiger partial charge in [0.25, 0.3) is 0 Å². The molecule has 2 aromatic rings. The predicted molar refractivity (Wildman–Crippen MR) is 118 cm³/mol. The van der Waals surface area contributed by atoms with Gasteiger partial charge in [-0.2, -0.15) is 0 Å². The maximum Gasteiger partial charge on any atom is 0.234 e. The first-order chi connectivity index (χ1) is 14.9. The Bertz CT molecular complexity index is 1060. The van der Waals surface area contributed by atoms with Gasteiger partial charge in [-0.1, -0.05) is 44.2 Å². The van der Waals surface area contributed by atoms with Gasteiger partial charge in [0.15, 0.2) is 0 Å². The Balaban J connectivity index is 1.39. The molecule has 0 radical (unpaired) electrons. The van der Waals surface area contributed by atoms with Crippen LogP contribution in [-0.4, -0.2) is 37.2 Å². The van der Waals surface area contributed by atoms with Gasteiger partial charge < -0.3 is 19.7 Å². The summed E-state index contributed by atoms with van der Waals surface area (Å²) in [6, 6.07) is 15.3. The molecule has 0 aromatic heterocycles. The number of ether oxygens (including phenoxy) is 2. The average Bonchev–Trinajstić information content (AvgIpc) is 3.42. The van der Waals surface area contributed by atoms with Gasteiger partial charge in [0.05, 0.1) is 31.6 Å². The smallest absolute Gasteiger partial charge is 0.234 e.